The van der Waals surface area contributed by atoms with Crippen molar-refractivity contribution in [3.05, 3.63) is 12.2 Å². The first-order valence-corrected chi connectivity index (χ1v) is 5.46. The van der Waals surface area contributed by atoms with Crippen LogP contribution < -0.4 is 5.32 Å². The van der Waals surface area contributed by atoms with E-state index in [4.69, 9.17) is 5.11 Å². The summed E-state index contributed by atoms with van der Waals surface area (Å²) >= 11 is 0. The summed E-state index contributed by atoms with van der Waals surface area (Å²) in [5.74, 6) is -2.47. The molecule has 0 saturated heterocycles. The van der Waals surface area contributed by atoms with Gasteiger partial charge in [0.1, 0.15) is 6.04 Å². The molecule has 2 N–H and O–H groups in total. The Balaban J connectivity index is 4.45. The topological polar surface area (TPSA) is 75.6 Å². The quantitative estimate of drug-likeness (QED) is 0.649. The molecule has 5 nitrogen and oxygen atoms in total. The van der Waals surface area contributed by atoms with Crippen LogP contribution in [0.2, 0.25) is 0 Å². The van der Waals surface area contributed by atoms with Crippen LogP contribution in [0.25, 0.3) is 0 Å². The SMILES string of the molecule is CC[C@H](NCC(C=C(F)F)CC(=O)OC)C(=O)O. The zero-order chi connectivity index (χ0) is 14.1. The predicted molar refractivity (Wildman–Crippen MR) is 60.1 cm³/mol. The maximum Gasteiger partial charge on any atom is 0.320 e. The summed E-state index contributed by atoms with van der Waals surface area (Å²) < 4.78 is 28.7. The molecular weight excluding hydrogens is 248 g/mol. The van der Waals surface area contributed by atoms with Crippen LogP contribution in [0.15, 0.2) is 12.2 Å². The van der Waals surface area contributed by atoms with Crippen molar-refractivity contribution in [1.29, 1.82) is 0 Å². The summed E-state index contributed by atoms with van der Waals surface area (Å²) in [6.45, 7) is 1.63. The molecule has 0 fully saturated rings. The second-order valence-corrected chi connectivity index (χ2v) is 3.70. The fourth-order valence-corrected chi connectivity index (χ4v) is 1.37. The molecule has 0 aromatic heterocycles. The second kappa shape index (κ2) is 8.57. The molecule has 0 saturated carbocycles. The zero-order valence-corrected chi connectivity index (χ0v) is 10.3. The fraction of sp³-hybridized carbons (Fsp3) is 0.636. The Morgan fingerprint density at radius 3 is 2.44 bits per heavy atom. The van der Waals surface area contributed by atoms with Crippen LogP contribution in [0, 0.1) is 5.92 Å². The molecule has 2 atom stereocenters. The standard InChI is InChI=1S/C11H17F2NO4/c1-3-8(11(16)17)14-6-7(4-9(12)13)5-10(15)18-2/h4,7-8,14H,3,5-6H2,1-2H3,(H,16,17)/t7?,8-/m0/s1. The van der Waals surface area contributed by atoms with Gasteiger partial charge in [-0.3, -0.25) is 9.59 Å². The lowest BCUT2D eigenvalue weighted by Gasteiger charge is -2.16. The number of esters is 1. The first-order chi connectivity index (χ1) is 8.40. The third-order valence-electron chi connectivity index (χ3n) is 2.35. The van der Waals surface area contributed by atoms with Crippen LogP contribution >= 0.6 is 0 Å². The number of hydrogen-bond donors (Lipinski definition) is 2. The van der Waals surface area contributed by atoms with E-state index < -0.39 is 30.0 Å². The molecule has 0 bridgehead atoms. The molecule has 0 aliphatic rings. The van der Waals surface area contributed by atoms with Crippen molar-refractivity contribution in [3.8, 4) is 0 Å². The summed E-state index contributed by atoms with van der Waals surface area (Å²) in [5.41, 5.74) is 0. The number of carboxylic acids is 1. The molecule has 0 aliphatic heterocycles. The second-order valence-electron chi connectivity index (χ2n) is 3.70. The van der Waals surface area contributed by atoms with Crippen LogP contribution in [0.1, 0.15) is 19.8 Å². The van der Waals surface area contributed by atoms with Gasteiger partial charge in [-0.2, -0.15) is 8.78 Å². The van der Waals surface area contributed by atoms with Gasteiger partial charge < -0.3 is 15.2 Å². The summed E-state index contributed by atoms with van der Waals surface area (Å²) in [4.78, 5) is 21.7. The molecule has 0 aromatic carbocycles. The van der Waals surface area contributed by atoms with Gasteiger partial charge in [0.2, 0.25) is 0 Å². The smallest absolute Gasteiger partial charge is 0.320 e. The zero-order valence-electron chi connectivity index (χ0n) is 10.3. The normalized spacial score (nSPS) is 13.6. The average Bonchev–Trinajstić information content (AvgIpc) is 2.28. The van der Waals surface area contributed by atoms with E-state index in [2.05, 4.69) is 10.1 Å². The van der Waals surface area contributed by atoms with Crippen molar-refractivity contribution in [2.75, 3.05) is 13.7 Å². The summed E-state index contributed by atoms with van der Waals surface area (Å²) in [6.07, 6.45) is -1.19. The number of ether oxygens (including phenoxy) is 1. The van der Waals surface area contributed by atoms with E-state index in [-0.39, 0.29) is 13.0 Å². The van der Waals surface area contributed by atoms with E-state index in [1.165, 1.54) is 0 Å². The van der Waals surface area contributed by atoms with Gasteiger partial charge in [-0.05, 0) is 12.5 Å². The van der Waals surface area contributed by atoms with Crippen LogP contribution in [0.4, 0.5) is 8.78 Å². The predicted octanol–water partition coefficient (Wildman–Crippen LogP) is 1.40. The van der Waals surface area contributed by atoms with E-state index in [1.807, 2.05) is 0 Å². The summed E-state index contributed by atoms with van der Waals surface area (Å²) in [7, 11) is 1.16. The lowest BCUT2D eigenvalue weighted by atomic mass is 10.0. The first kappa shape index (κ1) is 16.5. The van der Waals surface area contributed by atoms with Gasteiger partial charge in [0, 0.05) is 12.5 Å². The molecule has 7 heteroatoms. The number of aliphatic carboxylic acids is 1. The molecule has 0 aromatic rings. The van der Waals surface area contributed by atoms with Crippen molar-refractivity contribution >= 4 is 11.9 Å². The Bertz CT molecular complexity index is 316. The minimum atomic E-state index is -1.91. The monoisotopic (exact) mass is 265 g/mol. The molecule has 0 heterocycles. The molecule has 0 amide bonds. The highest BCUT2D eigenvalue weighted by atomic mass is 19.3. The third-order valence-corrected chi connectivity index (χ3v) is 2.35. The van der Waals surface area contributed by atoms with E-state index in [1.54, 1.807) is 6.92 Å². The van der Waals surface area contributed by atoms with Gasteiger partial charge in [0.05, 0.1) is 13.5 Å². The maximum atomic E-state index is 12.2. The van der Waals surface area contributed by atoms with Crippen molar-refractivity contribution in [3.63, 3.8) is 0 Å². The minimum absolute atomic E-state index is 0.0305. The Kier molecular flexibility index (Phi) is 7.86. The maximum absolute atomic E-state index is 12.2. The number of carbonyl (C=O) groups excluding carboxylic acids is 1. The highest BCUT2D eigenvalue weighted by Gasteiger charge is 2.18. The van der Waals surface area contributed by atoms with E-state index in [0.717, 1.165) is 7.11 Å². The Morgan fingerprint density at radius 2 is 2.06 bits per heavy atom. The average molecular weight is 265 g/mol. The number of carbonyl (C=O) groups is 2. The molecule has 18 heavy (non-hydrogen) atoms. The van der Waals surface area contributed by atoms with E-state index in [0.29, 0.717) is 12.5 Å². The largest absolute Gasteiger partial charge is 0.480 e. The van der Waals surface area contributed by atoms with Crippen LogP contribution in [0.3, 0.4) is 0 Å². The number of methoxy groups -OCH3 is 1. The van der Waals surface area contributed by atoms with Crippen molar-refractivity contribution in [2.45, 2.75) is 25.8 Å². The number of halogens is 2. The molecule has 0 radical (unpaired) electrons. The molecule has 104 valence electrons. The Morgan fingerprint density at radius 1 is 1.44 bits per heavy atom. The Labute approximate surface area is 104 Å². The molecular formula is C11H17F2NO4. The van der Waals surface area contributed by atoms with Crippen molar-refractivity contribution in [1.82, 2.24) is 5.32 Å². The lowest BCUT2D eigenvalue weighted by Crippen LogP contribution is -2.39. The van der Waals surface area contributed by atoms with Gasteiger partial charge in [-0.1, -0.05) is 6.92 Å². The fourth-order valence-electron chi connectivity index (χ4n) is 1.37. The van der Waals surface area contributed by atoms with Gasteiger partial charge in [-0.15, -0.1) is 0 Å². The lowest BCUT2D eigenvalue weighted by molar-refractivity contribution is -0.141. The third kappa shape index (κ3) is 6.95. The summed E-state index contributed by atoms with van der Waals surface area (Å²) in [6, 6.07) is -0.818. The van der Waals surface area contributed by atoms with Gasteiger partial charge in [0.15, 0.2) is 0 Å². The highest BCUT2D eigenvalue weighted by Crippen LogP contribution is 2.11. The van der Waals surface area contributed by atoms with Crippen LogP contribution in [-0.2, 0) is 14.3 Å². The summed E-state index contributed by atoms with van der Waals surface area (Å²) in [5, 5.41) is 11.4. The van der Waals surface area contributed by atoms with E-state index in [9.17, 15) is 18.4 Å². The van der Waals surface area contributed by atoms with Crippen LogP contribution in [-0.4, -0.2) is 36.7 Å². The van der Waals surface area contributed by atoms with Gasteiger partial charge in [-0.25, -0.2) is 0 Å². The van der Waals surface area contributed by atoms with Crippen LogP contribution in [0.5, 0.6) is 0 Å². The van der Waals surface area contributed by atoms with Gasteiger partial charge >= 0.3 is 11.9 Å². The minimum Gasteiger partial charge on any atom is -0.480 e. The number of nitrogens with one attached hydrogen (secondary N) is 1. The van der Waals surface area contributed by atoms with Crippen molar-refractivity contribution < 1.29 is 28.2 Å². The molecule has 0 aliphatic carbocycles. The molecule has 0 spiro atoms. The number of rotatable bonds is 8. The van der Waals surface area contributed by atoms with Crippen molar-refractivity contribution in [2.24, 2.45) is 5.92 Å². The molecule has 1 unspecified atom stereocenters. The Hall–Kier alpha value is -1.50. The van der Waals surface area contributed by atoms with Gasteiger partial charge in [0.25, 0.3) is 6.08 Å². The molecule has 0 rings (SSSR count). The number of hydrogen-bond acceptors (Lipinski definition) is 4. The van der Waals surface area contributed by atoms with E-state index >= 15 is 0 Å². The first-order valence-electron chi connectivity index (χ1n) is 5.46. The highest BCUT2D eigenvalue weighted by molar-refractivity contribution is 5.73. The number of carboxylic acid groups (broad SMARTS) is 1.